The first-order valence-electron chi connectivity index (χ1n) is 5.98. The number of aromatic nitrogens is 2. The number of hydrogen-bond acceptors (Lipinski definition) is 5. The van der Waals surface area contributed by atoms with Gasteiger partial charge >= 0.3 is 0 Å². The Morgan fingerprint density at radius 3 is 2.84 bits per heavy atom. The first-order valence-corrected chi connectivity index (χ1v) is 6.78. The molecule has 0 spiro atoms. The van der Waals surface area contributed by atoms with E-state index >= 15 is 0 Å². The first kappa shape index (κ1) is 14.0. The third kappa shape index (κ3) is 3.54. The van der Waals surface area contributed by atoms with E-state index in [1.54, 1.807) is 6.92 Å². The number of nitrogens with zero attached hydrogens (tertiary/aromatic N) is 2. The van der Waals surface area contributed by atoms with Crippen LogP contribution in [0.2, 0.25) is 0 Å². The van der Waals surface area contributed by atoms with Crippen LogP contribution in [0.1, 0.15) is 30.3 Å². The van der Waals surface area contributed by atoms with Crippen LogP contribution in [0.4, 0.5) is 0 Å². The summed E-state index contributed by atoms with van der Waals surface area (Å²) in [6.45, 7) is 4.10. The van der Waals surface area contributed by atoms with Gasteiger partial charge in [-0.2, -0.15) is 0 Å². The average Bonchev–Trinajstić information content (AvgIpc) is 2.81. The molecule has 0 saturated carbocycles. The third-order valence-corrected chi connectivity index (χ3v) is 3.29. The van der Waals surface area contributed by atoms with Crippen molar-refractivity contribution in [3.63, 3.8) is 0 Å². The predicted octanol–water partition coefficient (Wildman–Crippen LogP) is 3.00. The van der Waals surface area contributed by atoms with Crippen molar-refractivity contribution < 1.29 is 9.15 Å². The van der Waals surface area contributed by atoms with Gasteiger partial charge in [0.05, 0.1) is 0 Å². The molecule has 0 aliphatic heterocycles. The first-order chi connectivity index (χ1) is 9.10. The highest BCUT2D eigenvalue weighted by atomic mass is 79.9. The van der Waals surface area contributed by atoms with Crippen LogP contribution in [0.15, 0.2) is 27.1 Å². The van der Waals surface area contributed by atoms with Crippen LogP contribution < -0.4 is 10.1 Å². The van der Waals surface area contributed by atoms with Crippen LogP contribution in [0.3, 0.4) is 0 Å². The van der Waals surface area contributed by atoms with Crippen molar-refractivity contribution in [2.45, 2.75) is 26.5 Å². The van der Waals surface area contributed by atoms with Crippen LogP contribution in [0.5, 0.6) is 5.75 Å². The van der Waals surface area contributed by atoms with E-state index < -0.39 is 0 Å². The molecule has 1 atom stereocenters. The number of nitrogens with one attached hydrogen (secondary N) is 1. The molecule has 6 heteroatoms. The summed E-state index contributed by atoms with van der Waals surface area (Å²) in [4.78, 5) is 0. The Kier molecular flexibility index (Phi) is 4.55. The van der Waals surface area contributed by atoms with Gasteiger partial charge in [-0.15, -0.1) is 10.2 Å². The largest absolute Gasteiger partial charge is 0.483 e. The molecule has 2 rings (SSSR count). The van der Waals surface area contributed by atoms with Crippen LogP contribution in [0, 0.1) is 6.92 Å². The number of halogens is 1. The Bertz CT molecular complexity index is 557. The molecule has 1 aromatic heterocycles. The van der Waals surface area contributed by atoms with E-state index in [1.807, 2.05) is 25.2 Å². The fraction of sp³-hybridized carbons (Fsp3) is 0.385. The van der Waals surface area contributed by atoms with Gasteiger partial charge in [-0.1, -0.05) is 22.0 Å². The Balaban J connectivity index is 2.16. The van der Waals surface area contributed by atoms with Crippen molar-refractivity contribution >= 4 is 15.9 Å². The SMILES string of the molecule is CNC(C)c1ccc(Br)cc1OCc1nnc(C)o1. The number of rotatable bonds is 5. The monoisotopic (exact) mass is 325 g/mol. The molecule has 0 bridgehead atoms. The summed E-state index contributed by atoms with van der Waals surface area (Å²) in [5.74, 6) is 1.81. The van der Waals surface area contributed by atoms with Gasteiger partial charge in [0.1, 0.15) is 5.75 Å². The van der Waals surface area contributed by atoms with Crippen molar-refractivity contribution in [2.24, 2.45) is 0 Å². The van der Waals surface area contributed by atoms with Crippen molar-refractivity contribution in [3.05, 3.63) is 40.0 Å². The molecule has 0 radical (unpaired) electrons. The Morgan fingerprint density at radius 2 is 2.21 bits per heavy atom. The summed E-state index contributed by atoms with van der Waals surface area (Å²) in [6, 6.07) is 6.16. The van der Waals surface area contributed by atoms with E-state index in [2.05, 4.69) is 38.4 Å². The molecule has 19 heavy (non-hydrogen) atoms. The summed E-state index contributed by atoms with van der Waals surface area (Å²) in [6.07, 6.45) is 0. The summed E-state index contributed by atoms with van der Waals surface area (Å²) in [5.41, 5.74) is 1.09. The zero-order valence-corrected chi connectivity index (χ0v) is 12.7. The normalized spacial score (nSPS) is 12.4. The lowest BCUT2D eigenvalue weighted by atomic mass is 10.1. The highest BCUT2D eigenvalue weighted by Gasteiger charge is 2.12. The Morgan fingerprint density at radius 1 is 1.42 bits per heavy atom. The summed E-state index contributed by atoms with van der Waals surface area (Å²) in [5, 5.41) is 10.9. The number of ether oxygens (including phenoxy) is 1. The smallest absolute Gasteiger partial charge is 0.253 e. The van der Waals surface area contributed by atoms with E-state index in [-0.39, 0.29) is 12.6 Å². The summed E-state index contributed by atoms with van der Waals surface area (Å²) >= 11 is 3.45. The number of benzene rings is 1. The molecule has 1 heterocycles. The topological polar surface area (TPSA) is 60.2 Å². The molecule has 0 amide bonds. The molecule has 0 aliphatic rings. The molecule has 2 aromatic rings. The zero-order chi connectivity index (χ0) is 13.8. The van der Waals surface area contributed by atoms with Crippen molar-refractivity contribution in [1.29, 1.82) is 0 Å². The molecule has 1 unspecified atom stereocenters. The molecule has 0 fully saturated rings. The van der Waals surface area contributed by atoms with Gasteiger partial charge in [0.25, 0.3) is 5.89 Å². The van der Waals surface area contributed by atoms with E-state index in [4.69, 9.17) is 9.15 Å². The van der Waals surface area contributed by atoms with E-state index in [0.717, 1.165) is 15.8 Å². The molecule has 102 valence electrons. The third-order valence-electron chi connectivity index (χ3n) is 2.79. The number of aryl methyl sites for hydroxylation is 1. The van der Waals surface area contributed by atoms with Gasteiger partial charge in [-0.3, -0.25) is 0 Å². The number of hydrogen-bond donors (Lipinski definition) is 1. The van der Waals surface area contributed by atoms with Gasteiger partial charge in [-0.25, -0.2) is 0 Å². The quantitative estimate of drug-likeness (QED) is 0.915. The fourth-order valence-corrected chi connectivity index (χ4v) is 2.02. The minimum absolute atomic E-state index is 0.201. The van der Waals surface area contributed by atoms with Gasteiger partial charge in [-0.05, 0) is 26.1 Å². The van der Waals surface area contributed by atoms with E-state index in [1.165, 1.54) is 0 Å². The standard InChI is InChI=1S/C13H16BrN3O2/c1-8(15-3)11-5-4-10(14)6-12(11)18-7-13-17-16-9(2)19-13/h4-6,8,15H,7H2,1-3H3. The van der Waals surface area contributed by atoms with Crippen molar-refractivity contribution in [3.8, 4) is 5.75 Å². The average molecular weight is 326 g/mol. The molecule has 0 saturated heterocycles. The van der Waals surface area contributed by atoms with Crippen LogP contribution >= 0.6 is 15.9 Å². The second-order valence-electron chi connectivity index (χ2n) is 4.20. The molecular weight excluding hydrogens is 310 g/mol. The van der Waals surface area contributed by atoms with Crippen molar-refractivity contribution in [2.75, 3.05) is 7.05 Å². The van der Waals surface area contributed by atoms with E-state index in [9.17, 15) is 0 Å². The molecule has 5 nitrogen and oxygen atoms in total. The van der Waals surface area contributed by atoms with Crippen LogP contribution in [-0.2, 0) is 6.61 Å². The lowest BCUT2D eigenvalue weighted by Crippen LogP contribution is -2.13. The van der Waals surface area contributed by atoms with Crippen molar-refractivity contribution in [1.82, 2.24) is 15.5 Å². The van der Waals surface area contributed by atoms with Crippen LogP contribution in [0.25, 0.3) is 0 Å². The zero-order valence-electron chi connectivity index (χ0n) is 11.1. The summed E-state index contributed by atoms with van der Waals surface area (Å²) < 4.78 is 12.0. The highest BCUT2D eigenvalue weighted by molar-refractivity contribution is 9.10. The van der Waals surface area contributed by atoms with Gasteiger partial charge < -0.3 is 14.5 Å². The van der Waals surface area contributed by atoms with E-state index in [0.29, 0.717) is 11.8 Å². The maximum Gasteiger partial charge on any atom is 0.253 e. The molecule has 0 aliphatic carbocycles. The molecular formula is C13H16BrN3O2. The van der Waals surface area contributed by atoms with Gasteiger partial charge in [0.2, 0.25) is 5.89 Å². The highest BCUT2D eigenvalue weighted by Crippen LogP contribution is 2.29. The minimum Gasteiger partial charge on any atom is -0.483 e. The minimum atomic E-state index is 0.201. The van der Waals surface area contributed by atoms with Crippen LogP contribution in [-0.4, -0.2) is 17.2 Å². The molecule has 1 aromatic carbocycles. The summed E-state index contributed by atoms with van der Waals surface area (Å²) in [7, 11) is 1.91. The predicted molar refractivity (Wildman–Crippen MR) is 75.0 cm³/mol. The second kappa shape index (κ2) is 6.16. The Labute approximate surface area is 120 Å². The van der Waals surface area contributed by atoms with Gasteiger partial charge in [0, 0.05) is 23.0 Å². The molecule has 1 N–H and O–H groups in total. The second-order valence-corrected chi connectivity index (χ2v) is 5.11. The lowest BCUT2D eigenvalue weighted by molar-refractivity contribution is 0.256. The fourth-order valence-electron chi connectivity index (χ4n) is 1.68. The maximum atomic E-state index is 5.77. The maximum absolute atomic E-state index is 5.77. The van der Waals surface area contributed by atoms with Gasteiger partial charge in [0.15, 0.2) is 6.61 Å². The Hall–Kier alpha value is -1.40. The lowest BCUT2D eigenvalue weighted by Gasteiger charge is -2.16.